The van der Waals surface area contributed by atoms with Gasteiger partial charge < -0.3 is 4.74 Å². The average Bonchev–Trinajstić information content (AvgIpc) is 2.96. The number of rotatable bonds is 7. The monoisotopic (exact) mass is 453 g/mol. The second kappa shape index (κ2) is 9.95. The lowest BCUT2D eigenvalue weighted by molar-refractivity contribution is -0.144. The minimum Gasteiger partial charge on any atom is -0.492 e. The number of carbonyl (C=O) groups excluding carboxylic acids is 4. The van der Waals surface area contributed by atoms with E-state index in [1.54, 1.807) is 18.2 Å². The maximum absolute atomic E-state index is 12.3. The first kappa shape index (κ1) is 22.1. The molecule has 1 aliphatic heterocycles. The molecule has 1 aromatic carbocycles. The van der Waals surface area contributed by atoms with Crippen LogP contribution in [-0.4, -0.2) is 41.7 Å². The fourth-order valence-electron chi connectivity index (χ4n) is 3.42. The number of benzene rings is 1. The zero-order valence-electron chi connectivity index (χ0n) is 16.0. The van der Waals surface area contributed by atoms with Crippen molar-refractivity contribution >= 4 is 46.8 Å². The van der Waals surface area contributed by atoms with Crippen molar-refractivity contribution in [2.24, 2.45) is 11.8 Å². The summed E-state index contributed by atoms with van der Waals surface area (Å²) in [5.41, 5.74) is 4.50. The second-order valence-corrected chi connectivity index (χ2v) is 7.89. The van der Waals surface area contributed by atoms with E-state index in [4.69, 9.17) is 27.9 Å². The van der Waals surface area contributed by atoms with Crippen LogP contribution in [0.15, 0.2) is 30.4 Å². The Hall–Kier alpha value is -2.58. The molecule has 2 aliphatic rings. The van der Waals surface area contributed by atoms with Crippen molar-refractivity contribution in [2.45, 2.75) is 25.7 Å². The highest BCUT2D eigenvalue weighted by Crippen LogP contribution is 2.34. The lowest BCUT2D eigenvalue weighted by atomic mass is 9.85. The number of likely N-dealkylation sites (tertiary alicyclic amines) is 1. The molecule has 1 saturated heterocycles. The zero-order chi connectivity index (χ0) is 21.7. The smallest absolute Gasteiger partial charge is 0.258 e. The zero-order valence-corrected chi connectivity index (χ0v) is 17.5. The van der Waals surface area contributed by atoms with Gasteiger partial charge in [0.15, 0.2) is 0 Å². The van der Waals surface area contributed by atoms with Gasteiger partial charge >= 0.3 is 0 Å². The first-order chi connectivity index (χ1) is 14.4. The van der Waals surface area contributed by atoms with Crippen molar-refractivity contribution < 1.29 is 23.9 Å². The minimum atomic E-state index is -0.638. The lowest BCUT2D eigenvalue weighted by Gasteiger charge is -2.14. The molecule has 0 bridgehead atoms. The summed E-state index contributed by atoms with van der Waals surface area (Å²) in [6.07, 6.45) is 5.26. The number of hydrogen-bond acceptors (Lipinski definition) is 5. The van der Waals surface area contributed by atoms with Gasteiger partial charge in [0.1, 0.15) is 12.3 Å². The van der Waals surface area contributed by atoms with Gasteiger partial charge in [-0.2, -0.15) is 0 Å². The Balaban J connectivity index is 1.35. The first-order valence-corrected chi connectivity index (χ1v) is 10.3. The van der Waals surface area contributed by atoms with Crippen LogP contribution >= 0.6 is 23.2 Å². The molecular formula is C20H21Cl2N3O5. The molecule has 1 aliphatic carbocycles. The van der Waals surface area contributed by atoms with Gasteiger partial charge in [-0.25, -0.2) is 0 Å². The van der Waals surface area contributed by atoms with Gasteiger partial charge in [-0.05, 0) is 37.5 Å². The van der Waals surface area contributed by atoms with Crippen molar-refractivity contribution in [2.75, 3.05) is 13.2 Å². The van der Waals surface area contributed by atoms with E-state index >= 15 is 0 Å². The summed E-state index contributed by atoms with van der Waals surface area (Å²) in [6, 6.07) is 4.84. The standard InChI is InChI=1S/C20H21Cl2N3O5/c21-12-7-8-16(15(22)10-12)30-9-3-6-17(26)23-24-18(27)11-25-19(28)13-4-1-2-5-14(13)20(25)29/h1-2,7-8,10,13-14H,3-6,9,11H2,(H,23,26)(H,24,27). The topological polar surface area (TPSA) is 105 Å². The molecule has 160 valence electrons. The predicted octanol–water partition coefficient (Wildman–Crippen LogP) is 2.25. The maximum atomic E-state index is 12.3. The molecule has 2 atom stereocenters. The Kier molecular flexibility index (Phi) is 7.33. The number of nitrogens with one attached hydrogen (secondary N) is 2. The Morgan fingerprint density at radius 3 is 2.30 bits per heavy atom. The Morgan fingerprint density at radius 1 is 1.03 bits per heavy atom. The summed E-state index contributed by atoms with van der Waals surface area (Å²) in [5.74, 6) is -2.06. The van der Waals surface area contributed by atoms with Gasteiger partial charge in [0.05, 0.1) is 23.5 Å². The molecule has 8 nitrogen and oxygen atoms in total. The Morgan fingerprint density at radius 2 is 1.67 bits per heavy atom. The van der Waals surface area contributed by atoms with Crippen molar-refractivity contribution in [3.8, 4) is 5.75 Å². The molecular weight excluding hydrogens is 433 g/mol. The molecule has 10 heteroatoms. The van der Waals surface area contributed by atoms with Crippen molar-refractivity contribution in [3.63, 3.8) is 0 Å². The van der Waals surface area contributed by atoms with Crippen molar-refractivity contribution in [1.82, 2.24) is 15.8 Å². The molecule has 0 radical (unpaired) electrons. The van der Waals surface area contributed by atoms with Gasteiger partial charge in [0.25, 0.3) is 5.91 Å². The van der Waals surface area contributed by atoms with Crippen LogP contribution in [0.3, 0.4) is 0 Å². The summed E-state index contributed by atoms with van der Waals surface area (Å²) in [7, 11) is 0. The molecule has 0 aromatic heterocycles. The SMILES string of the molecule is O=C(CCCOc1ccc(Cl)cc1Cl)NNC(=O)CN1C(=O)C2CC=CCC2C1=O. The highest BCUT2D eigenvalue weighted by Gasteiger charge is 2.47. The number of carbonyl (C=O) groups is 4. The third-order valence-electron chi connectivity index (χ3n) is 4.94. The maximum Gasteiger partial charge on any atom is 0.258 e. The van der Waals surface area contributed by atoms with E-state index in [1.807, 2.05) is 12.2 Å². The van der Waals surface area contributed by atoms with Gasteiger partial charge in [0.2, 0.25) is 17.7 Å². The third kappa shape index (κ3) is 5.31. The number of imide groups is 1. The number of nitrogens with zero attached hydrogens (tertiary/aromatic N) is 1. The third-order valence-corrected chi connectivity index (χ3v) is 5.47. The van der Waals surface area contributed by atoms with E-state index in [-0.39, 0.29) is 36.7 Å². The van der Waals surface area contributed by atoms with Crippen molar-refractivity contribution in [1.29, 1.82) is 0 Å². The molecule has 0 spiro atoms. The van der Waals surface area contributed by atoms with E-state index < -0.39 is 18.4 Å². The molecule has 1 aromatic rings. The molecule has 4 amide bonds. The van der Waals surface area contributed by atoms with Crippen LogP contribution in [0, 0.1) is 11.8 Å². The molecule has 2 unspecified atom stereocenters. The molecule has 1 heterocycles. The number of hydrazine groups is 1. The summed E-state index contributed by atoms with van der Waals surface area (Å²) in [4.78, 5) is 49.5. The summed E-state index contributed by atoms with van der Waals surface area (Å²) in [6.45, 7) is -0.167. The number of hydrogen-bond donors (Lipinski definition) is 2. The van der Waals surface area contributed by atoms with Crippen molar-refractivity contribution in [3.05, 3.63) is 40.4 Å². The number of fused-ring (bicyclic) bond motifs is 1. The Bertz CT molecular complexity index is 863. The van der Waals surface area contributed by atoms with E-state index in [0.29, 0.717) is 35.1 Å². The van der Waals surface area contributed by atoms with Gasteiger partial charge in [0, 0.05) is 11.4 Å². The van der Waals surface area contributed by atoms with Crippen LogP contribution in [0.4, 0.5) is 0 Å². The number of amides is 4. The van der Waals surface area contributed by atoms with Crippen LogP contribution in [0.1, 0.15) is 25.7 Å². The highest BCUT2D eigenvalue weighted by atomic mass is 35.5. The number of allylic oxidation sites excluding steroid dienone is 2. The molecule has 3 rings (SSSR count). The van der Waals surface area contributed by atoms with Crippen LogP contribution in [-0.2, 0) is 19.2 Å². The molecule has 1 fully saturated rings. The van der Waals surface area contributed by atoms with Crippen LogP contribution < -0.4 is 15.6 Å². The second-order valence-electron chi connectivity index (χ2n) is 7.04. The van der Waals surface area contributed by atoms with Crippen LogP contribution in [0.25, 0.3) is 0 Å². The van der Waals surface area contributed by atoms with Crippen LogP contribution in [0.2, 0.25) is 10.0 Å². The number of halogens is 2. The van der Waals surface area contributed by atoms with Crippen LogP contribution in [0.5, 0.6) is 5.75 Å². The predicted molar refractivity (Wildman–Crippen MR) is 110 cm³/mol. The lowest BCUT2D eigenvalue weighted by Crippen LogP contribution is -2.47. The fraction of sp³-hybridized carbons (Fsp3) is 0.400. The summed E-state index contributed by atoms with van der Waals surface area (Å²) < 4.78 is 5.48. The van der Waals surface area contributed by atoms with Gasteiger partial charge in [-0.1, -0.05) is 35.4 Å². The summed E-state index contributed by atoms with van der Waals surface area (Å²) >= 11 is 11.8. The normalized spacial score (nSPS) is 20.1. The van der Waals surface area contributed by atoms with E-state index in [9.17, 15) is 19.2 Å². The molecule has 30 heavy (non-hydrogen) atoms. The first-order valence-electron chi connectivity index (χ1n) is 9.52. The van der Waals surface area contributed by atoms with E-state index in [2.05, 4.69) is 10.9 Å². The number of ether oxygens (including phenoxy) is 1. The van der Waals surface area contributed by atoms with E-state index in [1.165, 1.54) is 0 Å². The summed E-state index contributed by atoms with van der Waals surface area (Å²) in [5, 5.41) is 0.871. The van der Waals surface area contributed by atoms with Gasteiger partial charge in [-0.15, -0.1) is 0 Å². The molecule has 2 N–H and O–H groups in total. The quantitative estimate of drug-likeness (QED) is 0.285. The largest absolute Gasteiger partial charge is 0.492 e. The van der Waals surface area contributed by atoms with E-state index in [0.717, 1.165) is 4.90 Å². The Labute approximate surface area is 183 Å². The van der Waals surface area contributed by atoms with Gasteiger partial charge in [-0.3, -0.25) is 34.9 Å². The average molecular weight is 454 g/mol. The minimum absolute atomic E-state index is 0.100. The fourth-order valence-corrected chi connectivity index (χ4v) is 3.88. The highest BCUT2D eigenvalue weighted by molar-refractivity contribution is 6.35. The molecule has 0 saturated carbocycles.